The van der Waals surface area contributed by atoms with E-state index in [2.05, 4.69) is 19.2 Å². The Morgan fingerprint density at radius 1 is 0.850 bits per heavy atom. The Labute approximate surface area is 125 Å². The summed E-state index contributed by atoms with van der Waals surface area (Å²) >= 11 is 0. The quantitative estimate of drug-likeness (QED) is 0.432. The van der Waals surface area contributed by atoms with Crippen molar-refractivity contribution in [2.45, 2.75) is 84.5 Å². The van der Waals surface area contributed by atoms with Crippen LogP contribution in [0.4, 0.5) is 0 Å². The highest BCUT2D eigenvalue weighted by atomic mass is 16.4. The van der Waals surface area contributed by atoms with E-state index in [0.717, 1.165) is 12.5 Å². The third-order valence-corrected chi connectivity index (χ3v) is 3.65. The summed E-state index contributed by atoms with van der Waals surface area (Å²) in [4.78, 5) is 10.3. The topological polar surface area (TPSA) is 49.3 Å². The van der Waals surface area contributed by atoms with Crippen molar-refractivity contribution in [3.05, 3.63) is 0 Å². The number of hydrogen-bond acceptors (Lipinski definition) is 2. The summed E-state index contributed by atoms with van der Waals surface area (Å²) in [5.74, 6) is 0.144. The van der Waals surface area contributed by atoms with Gasteiger partial charge in [0.25, 0.3) is 0 Å². The first kappa shape index (κ1) is 19.4. The van der Waals surface area contributed by atoms with Gasteiger partial charge in [0.1, 0.15) is 0 Å². The maximum absolute atomic E-state index is 10.3. The normalized spacial score (nSPS) is 11.2. The van der Waals surface area contributed by atoms with E-state index < -0.39 is 5.97 Å². The minimum atomic E-state index is -0.717. The number of nitrogens with one attached hydrogen (secondary N) is 1. The lowest BCUT2D eigenvalue weighted by atomic mass is 10.0. The predicted octanol–water partition coefficient (Wildman–Crippen LogP) is 4.61. The van der Waals surface area contributed by atoms with Gasteiger partial charge in [0.05, 0.1) is 6.42 Å². The number of hydrogen-bond donors (Lipinski definition) is 2. The van der Waals surface area contributed by atoms with Crippen LogP contribution >= 0.6 is 0 Å². The molecule has 120 valence electrons. The number of unbranched alkanes of at least 4 members (excludes halogenated alkanes) is 8. The molecule has 20 heavy (non-hydrogen) atoms. The van der Waals surface area contributed by atoms with Crippen LogP contribution in [0.25, 0.3) is 0 Å². The van der Waals surface area contributed by atoms with Crippen molar-refractivity contribution in [2.75, 3.05) is 13.1 Å². The molecule has 0 saturated heterocycles. The second kappa shape index (κ2) is 14.8. The van der Waals surface area contributed by atoms with Crippen LogP contribution in [0.1, 0.15) is 84.5 Å². The van der Waals surface area contributed by atoms with Crippen LogP contribution in [-0.2, 0) is 4.79 Å². The molecule has 0 unspecified atom stereocenters. The predicted molar refractivity (Wildman–Crippen MR) is 86.1 cm³/mol. The van der Waals surface area contributed by atoms with Crippen LogP contribution in [0.15, 0.2) is 0 Å². The summed E-state index contributed by atoms with van der Waals surface area (Å²) < 4.78 is 0. The van der Waals surface area contributed by atoms with Crippen LogP contribution in [0.5, 0.6) is 0 Å². The summed E-state index contributed by atoms with van der Waals surface area (Å²) in [5.41, 5.74) is 0. The van der Waals surface area contributed by atoms with E-state index in [9.17, 15) is 4.79 Å². The monoisotopic (exact) mass is 285 g/mol. The summed E-state index contributed by atoms with van der Waals surface area (Å²) in [7, 11) is 0. The molecule has 0 bridgehead atoms. The molecule has 0 aromatic carbocycles. The molecule has 0 aromatic heterocycles. The molecule has 0 atom stereocenters. The molecule has 0 amide bonds. The van der Waals surface area contributed by atoms with Gasteiger partial charge >= 0.3 is 5.97 Å². The Hall–Kier alpha value is -0.570. The van der Waals surface area contributed by atoms with E-state index in [1.165, 1.54) is 64.2 Å². The Balaban J connectivity index is 2.97. The lowest BCUT2D eigenvalue weighted by Crippen LogP contribution is -2.19. The Bertz CT molecular complexity index is 217. The molecular weight excluding hydrogens is 250 g/mol. The Morgan fingerprint density at radius 2 is 1.35 bits per heavy atom. The fraction of sp³-hybridized carbons (Fsp3) is 0.941. The number of carboxylic acids is 1. The lowest BCUT2D eigenvalue weighted by Gasteiger charge is -2.05. The van der Waals surface area contributed by atoms with Gasteiger partial charge in [-0.2, -0.15) is 0 Å². The second-order valence-corrected chi connectivity index (χ2v) is 6.26. The zero-order valence-corrected chi connectivity index (χ0v) is 13.6. The average molecular weight is 285 g/mol. The van der Waals surface area contributed by atoms with Gasteiger partial charge < -0.3 is 10.4 Å². The fourth-order valence-electron chi connectivity index (χ4n) is 2.36. The first-order valence-corrected chi connectivity index (χ1v) is 8.55. The third-order valence-electron chi connectivity index (χ3n) is 3.65. The highest BCUT2D eigenvalue weighted by Crippen LogP contribution is 2.12. The lowest BCUT2D eigenvalue weighted by molar-refractivity contribution is -0.136. The van der Waals surface area contributed by atoms with Gasteiger partial charge in [0.2, 0.25) is 0 Å². The largest absolute Gasteiger partial charge is 0.481 e. The number of aliphatic carboxylic acids is 1. The minimum Gasteiger partial charge on any atom is -0.481 e. The molecule has 3 heteroatoms. The van der Waals surface area contributed by atoms with E-state index >= 15 is 0 Å². The second-order valence-electron chi connectivity index (χ2n) is 6.26. The molecule has 2 N–H and O–H groups in total. The van der Waals surface area contributed by atoms with E-state index in [4.69, 9.17) is 5.11 Å². The van der Waals surface area contributed by atoms with Crippen molar-refractivity contribution in [3.8, 4) is 0 Å². The fourth-order valence-corrected chi connectivity index (χ4v) is 2.36. The summed E-state index contributed by atoms with van der Waals surface area (Å²) in [6.07, 6.45) is 13.7. The maximum atomic E-state index is 10.3. The van der Waals surface area contributed by atoms with E-state index in [-0.39, 0.29) is 6.42 Å². The zero-order chi connectivity index (χ0) is 15.1. The smallest absolute Gasteiger partial charge is 0.304 e. The van der Waals surface area contributed by atoms with Gasteiger partial charge in [-0.05, 0) is 18.9 Å². The van der Waals surface area contributed by atoms with Crippen LogP contribution in [0, 0.1) is 5.92 Å². The number of carbonyl (C=O) groups is 1. The van der Waals surface area contributed by atoms with Crippen molar-refractivity contribution in [1.29, 1.82) is 0 Å². The summed E-state index contributed by atoms with van der Waals surface area (Å²) in [6, 6.07) is 0. The molecule has 0 fully saturated rings. The van der Waals surface area contributed by atoms with E-state index in [1.54, 1.807) is 0 Å². The number of carboxylic acid groups (broad SMARTS) is 1. The molecular formula is C17H35NO2. The minimum absolute atomic E-state index is 0.233. The van der Waals surface area contributed by atoms with Crippen LogP contribution in [0.2, 0.25) is 0 Å². The Morgan fingerprint density at radius 3 is 1.85 bits per heavy atom. The summed E-state index contributed by atoms with van der Waals surface area (Å²) in [5, 5.41) is 11.6. The molecule has 0 radical (unpaired) electrons. The van der Waals surface area contributed by atoms with Crippen LogP contribution in [-0.4, -0.2) is 24.2 Å². The molecule has 0 aliphatic heterocycles. The third kappa shape index (κ3) is 17.4. The molecule has 0 spiro atoms. The molecule has 3 nitrogen and oxygen atoms in total. The first-order chi connectivity index (χ1) is 9.63. The highest BCUT2D eigenvalue weighted by Gasteiger charge is 1.96. The average Bonchev–Trinajstić information content (AvgIpc) is 2.38. The maximum Gasteiger partial charge on any atom is 0.304 e. The van der Waals surface area contributed by atoms with E-state index in [0.29, 0.717) is 6.54 Å². The van der Waals surface area contributed by atoms with Gasteiger partial charge in [0, 0.05) is 6.54 Å². The van der Waals surface area contributed by atoms with Gasteiger partial charge in [-0.1, -0.05) is 71.6 Å². The zero-order valence-electron chi connectivity index (χ0n) is 13.6. The van der Waals surface area contributed by atoms with Crippen molar-refractivity contribution >= 4 is 5.97 Å². The van der Waals surface area contributed by atoms with Crippen LogP contribution in [0.3, 0.4) is 0 Å². The van der Waals surface area contributed by atoms with Crippen molar-refractivity contribution < 1.29 is 9.90 Å². The summed E-state index contributed by atoms with van der Waals surface area (Å²) in [6.45, 7) is 6.17. The highest BCUT2D eigenvalue weighted by molar-refractivity contribution is 5.66. The van der Waals surface area contributed by atoms with Crippen molar-refractivity contribution in [2.24, 2.45) is 5.92 Å². The molecule has 0 rings (SSSR count). The molecule has 0 heterocycles. The van der Waals surface area contributed by atoms with Crippen molar-refractivity contribution in [1.82, 2.24) is 5.32 Å². The van der Waals surface area contributed by atoms with Crippen molar-refractivity contribution in [3.63, 3.8) is 0 Å². The Kier molecular flexibility index (Phi) is 14.4. The molecule has 0 saturated carbocycles. The van der Waals surface area contributed by atoms with Crippen LogP contribution < -0.4 is 5.32 Å². The molecule has 0 aliphatic rings. The van der Waals surface area contributed by atoms with E-state index in [1.807, 2.05) is 0 Å². The van der Waals surface area contributed by atoms with Gasteiger partial charge in [-0.25, -0.2) is 0 Å². The first-order valence-electron chi connectivity index (χ1n) is 8.55. The molecule has 0 aromatic rings. The van der Waals surface area contributed by atoms with Gasteiger partial charge in [-0.3, -0.25) is 4.79 Å². The van der Waals surface area contributed by atoms with Gasteiger partial charge in [-0.15, -0.1) is 0 Å². The van der Waals surface area contributed by atoms with Gasteiger partial charge in [0.15, 0.2) is 0 Å². The molecule has 0 aliphatic carbocycles. The number of rotatable bonds is 15. The SMILES string of the molecule is CC(C)CCCCCCCCCCCNCCC(=O)O. The standard InChI is InChI=1S/C17H35NO2/c1-16(2)12-10-8-6-4-3-5-7-9-11-14-18-15-13-17(19)20/h16,18H,3-15H2,1-2H3,(H,19,20).